The molecular formula is C12H25NO3S. The minimum absolute atomic E-state index is 0.715. The summed E-state index contributed by atoms with van der Waals surface area (Å²) in [5.41, 5.74) is 4.50. The molecule has 0 unspecified atom stereocenters. The summed E-state index contributed by atoms with van der Waals surface area (Å²) in [4.78, 5) is 0. The number of allylic oxidation sites excluding steroid dienone is 1. The van der Waals surface area contributed by atoms with Crippen LogP contribution in [0.5, 0.6) is 0 Å². The zero-order chi connectivity index (χ0) is 15.3. The van der Waals surface area contributed by atoms with Crippen molar-refractivity contribution in [2.75, 3.05) is 13.3 Å². The van der Waals surface area contributed by atoms with Crippen molar-refractivity contribution in [1.82, 2.24) is 0 Å². The third-order valence-corrected chi connectivity index (χ3v) is 0.204. The Bertz CT molecular complexity index is 274. The molecule has 0 aromatic carbocycles. The average molecular weight is 263 g/mol. The van der Waals surface area contributed by atoms with Crippen LogP contribution in [0.15, 0.2) is 12.7 Å². The van der Waals surface area contributed by atoms with Crippen molar-refractivity contribution in [3.8, 4) is 24.7 Å². The molecule has 0 amide bonds. The molecule has 0 heterocycles. The Balaban J connectivity index is -0.0000000367. The van der Waals surface area contributed by atoms with E-state index >= 15 is 0 Å². The monoisotopic (exact) mass is 263 g/mol. The van der Waals surface area contributed by atoms with Gasteiger partial charge in [0, 0.05) is 6.42 Å². The van der Waals surface area contributed by atoms with Gasteiger partial charge in [0.15, 0.2) is 0 Å². The molecule has 4 nitrogen and oxygen atoms in total. The van der Waals surface area contributed by atoms with Gasteiger partial charge >= 0.3 is 0 Å². The molecule has 0 aromatic rings. The summed E-state index contributed by atoms with van der Waals surface area (Å²) in [5.74, 6) is 4.68. The number of terminal acetylenes is 2. The third-order valence-electron chi connectivity index (χ3n) is 0.204. The highest BCUT2D eigenvalue weighted by Gasteiger charge is 1.81. The Labute approximate surface area is 107 Å². The summed E-state index contributed by atoms with van der Waals surface area (Å²) >= 11 is 0. The highest BCUT2D eigenvalue weighted by atomic mass is 32.2. The molecule has 0 radical (unpaired) electrons. The van der Waals surface area contributed by atoms with Crippen LogP contribution in [-0.4, -0.2) is 26.3 Å². The lowest BCUT2D eigenvalue weighted by Gasteiger charge is -1.69. The minimum atomic E-state index is -3.67. The lowest BCUT2D eigenvalue weighted by atomic mass is 10.5. The summed E-state index contributed by atoms with van der Waals surface area (Å²) in [6.45, 7) is 8.85. The molecule has 0 spiro atoms. The summed E-state index contributed by atoms with van der Waals surface area (Å²) < 4.78 is 25.9. The predicted octanol–water partition coefficient (Wildman–Crippen LogP) is 1.94. The summed E-state index contributed by atoms with van der Waals surface area (Å²) in [7, 11) is -2.17. The van der Waals surface area contributed by atoms with Crippen LogP contribution >= 0.6 is 0 Å². The van der Waals surface area contributed by atoms with Crippen molar-refractivity contribution in [3.63, 3.8) is 0 Å². The normalized spacial score (nSPS) is 6.18. The van der Waals surface area contributed by atoms with Gasteiger partial charge in [-0.25, -0.2) is 0 Å². The Kier molecular flexibility index (Phi) is 63.5. The summed E-state index contributed by atoms with van der Waals surface area (Å²) in [5, 5.41) is 0. The lowest BCUT2D eigenvalue weighted by Crippen LogP contribution is -1.88. The number of nitrogens with two attached hydrogens (primary N) is 1. The zero-order valence-electron chi connectivity index (χ0n) is 11.4. The fraction of sp³-hybridized carbons (Fsp3) is 0.500. The fourth-order valence-electron chi connectivity index (χ4n) is 0. The van der Waals surface area contributed by atoms with E-state index in [9.17, 15) is 8.42 Å². The van der Waals surface area contributed by atoms with Gasteiger partial charge in [-0.3, -0.25) is 4.55 Å². The Morgan fingerprint density at radius 3 is 1.47 bits per heavy atom. The molecule has 0 fully saturated rings. The van der Waals surface area contributed by atoms with Gasteiger partial charge in [0.2, 0.25) is 0 Å². The van der Waals surface area contributed by atoms with Crippen molar-refractivity contribution >= 4 is 10.1 Å². The third kappa shape index (κ3) is 32700. The van der Waals surface area contributed by atoms with Crippen LogP contribution in [0.1, 0.15) is 27.2 Å². The smallest absolute Gasteiger partial charge is 0.261 e. The molecule has 0 saturated carbocycles. The standard InChI is InChI=1S/C4H6.C3H6.C3H4.CH5N.CH4O3S/c1-3-4-2;2*1-3-2;1-2;1-5(2,3)4/h1H,4H2,2H3;3H,1H2,2H3;1H,2H3;2H2,1H3;1H3,(H,2,3,4). The first-order valence-corrected chi connectivity index (χ1v) is 6.47. The molecule has 102 valence electrons. The van der Waals surface area contributed by atoms with Crippen LogP contribution in [0.4, 0.5) is 0 Å². The molecule has 0 rings (SSSR count). The molecule has 0 aliphatic carbocycles. The number of hydrogen-bond donors (Lipinski definition) is 2. The largest absolute Gasteiger partial charge is 0.333 e. The molecule has 0 aliphatic heterocycles. The van der Waals surface area contributed by atoms with Crippen molar-refractivity contribution in [1.29, 1.82) is 0 Å². The predicted molar refractivity (Wildman–Crippen MR) is 77.1 cm³/mol. The SMILES string of the molecule is C#CC.C#CCC.C=CC.CN.CS(=O)(=O)O. The molecule has 5 heteroatoms. The van der Waals surface area contributed by atoms with Crippen LogP contribution in [0.3, 0.4) is 0 Å². The van der Waals surface area contributed by atoms with Gasteiger partial charge < -0.3 is 5.73 Å². The van der Waals surface area contributed by atoms with Crippen molar-refractivity contribution < 1.29 is 13.0 Å². The van der Waals surface area contributed by atoms with Crippen molar-refractivity contribution in [2.24, 2.45) is 5.73 Å². The summed E-state index contributed by atoms with van der Waals surface area (Å²) in [6, 6.07) is 0. The van der Waals surface area contributed by atoms with Gasteiger partial charge in [-0.15, -0.1) is 31.3 Å². The maximum absolute atomic E-state index is 9.19. The van der Waals surface area contributed by atoms with E-state index in [1.165, 1.54) is 7.05 Å². The van der Waals surface area contributed by atoms with E-state index in [0.717, 1.165) is 6.42 Å². The number of hydrogen-bond acceptors (Lipinski definition) is 3. The van der Waals surface area contributed by atoms with E-state index < -0.39 is 10.1 Å². The fourth-order valence-corrected chi connectivity index (χ4v) is 0. The minimum Gasteiger partial charge on any atom is -0.333 e. The Morgan fingerprint density at radius 1 is 1.41 bits per heavy atom. The first kappa shape index (κ1) is 29.6. The maximum atomic E-state index is 9.19. The molecular weight excluding hydrogens is 238 g/mol. The highest BCUT2D eigenvalue weighted by Crippen LogP contribution is 1.60. The second-order valence-electron chi connectivity index (χ2n) is 1.99. The number of rotatable bonds is 0. The highest BCUT2D eigenvalue weighted by molar-refractivity contribution is 7.85. The maximum Gasteiger partial charge on any atom is 0.261 e. The molecule has 0 atom stereocenters. The van der Waals surface area contributed by atoms with Crippen molar-refractivity contribution in [2.45, 2.75) is 27.2 Å². The summed E-state index contributed by atoms with van der Waals surface area (Å²) in [6.07, 6.45) is 12.7. The topological polar surface area (TPSA) is 80.4 Å². The van der Waals surface area contributed by atoms with Gasteiger partial charge in [0.05, 0.1) is 6.26 Å². The van der Waals surface area contributed by atoms with E-state index in [1.54, 1.807) is 13.0 Å². The first-order valence-electron chi connectivity index (χ1n) is 4.63. The van der Waals surface area contributed by atoms with E-state index in [4.69, 9.17) is 11.0 Å². The lowest BCUT2D eigenvalue weighted by molar-refractivity contribution is 0.490. The van der Waals surface area contributed by atoms with Crippen LogP contribution in [0, 0.1) is 24.7 Å². The molecule has 0 saturated heterocycles. The van der Waals surface area contributed by atoms with Crippen LogP contribution in [-0.2, 0) is 10.1 Å². The van der Waals surface area contributed by atoms with Crippen molar-refractivity contribution in [3.05, 3.63) is 12.7 Å². The van der Waals surface area contributed by atoms with E-state index in [-0.39, 0.29) is 0 Å². The molecule has 0 aliphatic rings. The first-order chi connectivity index (χ1) is 7.74. The quantitative estimate of drug-likeness (QED) is 0.397. The van der Waals surface area contributed by atoms with Gasteiger partial charge in [-0.1, -0.05) is 13.0 Å². The van der Waals surface area contributed by atoms with E-state index in [1.807, 2.05) is 13.8 Å². The van der Waals surface area contributed by atoms with Gasteiger partial charge in [-0.05, 0) is 20.9 Å². The molecule has 17 heavy (non-hydrogen) atoms. The van der Waals surface area contributed by atoms with Crippen LogP contribution < -0.4 is 5.73 Å². The average Bonchev–Trinajstić information content (AvgIpc) is 2.20. The van der Waals surface area contributed by atoms with Gasteiger partial charge in [0.25, 0.3) is 10.1 Å². The van der Waals surface area contributed by atoms with Gasteiger partial charge in [-0.2, -0.15) is 8.42 Å². The Morgan fingerprint density at radius 2 is 1.47 bits per heavy atom. The molecule has 3 N–H and O–H groups in total. The second kappa shape index (κ2) is 36.4. The van der Waals surface area contributed by atoms with Gasteiger partial charge in [0.1, 0.15) is 0 Å². The zero-order valence-corrected chi connectivity index (χ0v) is 12.2. The Hall–Kier alpha value is -1.27. The van der Waals surface area contributed by atoms with Crippen LogP contribution in [0.25, 0.3) is 0 Å². The van der Waals surface area contributed by atoms with E-state index in [2.05, 4.69) is 30.6 Å². The second-order valence-corrected chi connectivity index (χ2v) is 3.45. The van der Waals surface area contributed by atoms with Crippen LogP contribution in [0.2, 0.25) is 0 Å². The molecule has 0 bridgehead atoms. The molecule has 0 aromatic heterocycles. The van der Waals surface area contributed by atoms with E-state index in [0.29, 0.717) is 6.26 Å².